The molecule has 0 saturated heterocycles. The summed E-state index contributed by atoms with van der Waals surface area (Å²) in [6, 6.07) is 0. The first kappa shape index (κ1) is 16.9. The predicted octanol–water partition coefficient (Wildman–Crippen LogP) is -0.279. The normalized spacial score (nSPS) is 1.00. The molecule has 0 spiro atoms. The minimum absolute atomic E-state index is 0. The van der Waals surface area contributed by atoms with E-state index in [2.05, 4.69) is 6.79 Å². The van der Waals surface area contributed by atoms with Crippen LogP contribution in [-0.4, -0.2) is 6.79 Å². The summed E-state index contributed by atoms with van der Waals surface area (Å²) in [5.74, 6) is 0. The van der Waals surface area contributed by atoms with Crippen molar-refractivity contribution in [1.82, 2.24) is 0 Å². The van der Waals surface area contributed by atoms with Gasteiger partial charge in [-0.2, -0.15) is 0 Å². The molecule has 0 saturated carbocycles. The molecule has 0 rings (SSSR count). The van der Waals surface area contributed by atoms with Crippen LogP contribution in [0.2, 0.25) is 0 Å². The predicted molar refractivity (Wildman–Crippen MR) is 6.75 cm³/mol. The molecular weight excluding hydrogens is 205 g/mol. The largest absolute Gasteiger partial charge is 0.545 e. The molecule has 2 radical (unpaired) electrons. The van der Waals surface area contributed by atoms with Gasteiger partial charge in [-0.15, -0.1) is 0 Å². The maximum atomic E-state index is 7.75. The molecule has 0 aliphatic rings. The summed E-state index contributed by atoms with van der Waals surface area (Å²) in [4.78, 5) is 7.75. The van der Waals surface area contributed by atoms with E-state index < -0.39 is 0 Å². The zero-order valence-corrected chi connectivity index (χ0v) is 7.82. The molecule has 0 aliphatic heterocycles. The van der Waals surface area contributed by atoms with E-state index in [1.54, 1.807) is 0 Å². The second-order valence-corrected chi connectivity index (χ2v) is 0. The van der Waals surface area contributed by atoms with Gasteiger partial charge in [0.2, 0.25) is 0 Å². The summed E-state index contributed by atoms with van der Waals surface area (Å²) in [5.41, 5.74) is 0. The third-order valence-corrected chi connectivity index (χ3v) is 0. The monoisotopic (exact) mass is 206 g/mol. The molecule has 0 N–H and O–H groups in total. The van der Waals surface area contributed by atoms with Crippen LogP contribution in [0.4, 0.5) is 0 Å². The Morgan fingerprint density at radius 2 is 1.00 bits per heavy atom. The van der Waals surface area contributed by atoms with Gasteiger partial charge in [0.25, 0.3) is 0 Å². The van der Waals surface area contributed by atoms with Crippen LogP contribution in [0.5, 0.6) is 0 Å². The van der Waals surface area contributed by atoms with Gasteiger partial charge in [-0.05, 0) is 0 Å². The van der Waals surface area contributed by atoms with Crippen LogP contribution in [0.3, 0.4) is 0 Å². The summed E-state index contributed by atoms with van der Waals surface area (Å²) in [6.07, 6.45) is 0. The van der Waals surface area contributed by atoms with Gasteiger partial charge in [0, 0.05) is 65.4 Å². The van der Waals surface area contributed by atoms with Crippen LogP contribution >= 0.6 is 0 Å². The molecule has 1 nitrogen and oxygen atoms in total. The quantitative estimate of drug-likeness (QED) is 0.393. The fourth-order valence-electron chi connectivity index (χ4n) is 0. The van der Waals surface area contributed by atoms with Gasteiger partial charge < -0.3 is 4.79 Å². The molecule has 0 heterocycles. The Morgan fingerprint density at radius 3 is 1.00 bits per heavy atom. The van der Waals surface area contributed by atoms with Crippen molar-refractivity contribution in [2.45, 2.75) is 0 Å². The van der Waals surface area contributed by atoms with Crippen LogP contribution < -0.4 is 0 Å². The van der Waals surface area contributed by atoms with E-state index in [1.165, 1.54) is 0 Å². The second-order valence-electron chi connectivity index (χ2n) is 0. The van der Waals surface area contributed by atoms with Crippen LogP contribution in [0.25, 0.3) is 0 Å². The summed E-state index contributed by atoms with van der Waals surface area (Å²) in [7, 11) is 0. The van der Waals surface area contributed by atoms with E-state index in [4.69, 9.17) is 4.79 Å². The van der Waals surface area contributed by atoms with Crippen LogP contribution in [0.1, 0.15) is 0 Å². The zero-order chi connectivity index (χ0) is 2.00. The first-order chi connectivity index (χ1) is 1.00. The van der Waals surface area contributed by atoms with Crippen molar-refractivity contribution in [3.8, 4) is 0 Å². The maximum absolute atomic E-state index is 7.75. The average Bonchev–Trinajstić information content (AvgIpc) is 1.00. The van der Waals surface area contributed by atoms with E-state index in [9.17, 15) is 0 Å². The Kier molecular flexibility index (Phi) is 87.8. The standard InChI is InChI=1S/CHO.2Y/c1-2;;/h1H;;/q-1;;/i1-1;;. The van der Waals surface area contributed by atoms with Crippen molar-refractivity contribution in [1.29, 1.82) is 0 Å². The summed E-state index contributed by atoms with van der Waals surface area (Å²) in [6.45, 7) is 3.25. The number of hydrogen-bond acceptors (Lipinski definition) is 1. The Labute approximate surface area is 75.7 Å². The number of rotatable bonds is 0. The van der Waals surface area contributed by atoms with Crippen LogP contribution in [0, 0.1) is 0 Å². The molecule has 0 bridgehead atoms. The molecular formula is CHOY2-. The van der Waals surface area contributed by atoms with Crippen molar-refractivity contribution in [3.05, 3.63) is 0 Å². The SMILES string of the molecule is [11CH-]=O.[Y].[Y]. The van der Waals surface area contributed by atoms with Crippen molar-refractivity contribution < 1.29 is 70.2 Å². The molecule has 0 atom stereocenters. The van der Waals surface area contributed by atoms with E-state index in [0.29, 0.717) is 0 Å². The third-order valence-electron chi connectivity index (χ3n) is 0. The molecule has 18 valence electrons. The van der Waals surface area contributed by atoms with Crippen molar-refractivity contribution in [2.75, 3.05) is 0 Å². The molecule has 0 aliphatic carbocycles. The summed E-state index contributed by atoms with van der Waals surface area (Å²) in [5, 5.41) is 0. The Bertz CT molecular complexity index is 6.00. The molecule has 0 unspecified atom stereocenters. The summed E-state index contributed by atoms with van der Waals surface area (Å²) < 4.78 is 0. The molecule has 0 aromatic heterocycles. The van der Waals surface area contributed by atoms with Crippen molar-refractivity contribution >= 4 is 6.79 Å². The molecule has 3 heteroatoms. The van der Waals surface area contributed by atoms with Crippen molar-refractivity contribution in [2.24, 2.45) is 0 Å². The van der Waals surface area contributed by atoms with E-state index in [1.807, 2.05) is 0 Å². The first-order valence-corrected chi connectivity index (χ1v) is 0.236. The van der Waals surface area contributed by atoms with Gasteiger partial charge in [-0.1, -0.05) is 0 Å². The molecule has 0 fully saturated rings. The van der Waals surface area contributed by atoms with Gasteiger partial charge in [0.1, 0.15) is 0 Å². The second kappa shape index (κ2) is 20.8. The third kappa shape index (κ3) is 9.11. The minimum Gasteiger partial charge on any atom is -0.545 e. The van der Waals surface area contributed by atoms with Gasteiger partial charge in [-0.25, -0.2) is 0 Å². The maximum Gasteiger partial charge on any atom is 0 e. The number of hydrogen-bond donors (Lipinski definition) is 0. The van der Waals surface area contributed by atoms with Crippen LogP contribution in [0.15, 0.2) is 0 Å². The molecule has 4 heavy (non-hydrogen) atoms. The topological polar surface area (TPSA) is 17.1 Å². The molecule has 0 amide bonds. The van der Waals surface area contributed by atoms with Gasteiger partial charge in [0.05, 0.1) is 0 Å². The summed E-state index contributed by atoms with van der Waals surface area (Å²) >= 11 is 0. The fraction of sp³-hybridized carbons (Fsp3) is 0. The smallest absolute Gasteiger partial charge is 0 e. The molecule has 0 aromatic carbocycles. The van der Waals surface area contributed by atoms with E-state index in [-0.39, 0.29) is 65.4 Å². The van der Waals surface area contributed by atoms with E-state index >= 15 is 0 Å². The Balaban J connectivity index is -0.00000000500. The zero-order valence-electron chi connectivity index (χ0n) is 2.14. The van der Waals surface area contributed by atoms with Gasteiger partial charge in [0.15, 0.2) is 0 Å². The van der Waals surface area contributed by atoms with Crippen LogP contribution in [-0.2, 0) is 70.2 Å². The van der Waals surface area contributed by atoms with Crippen molar-refractivity contribution in [3.63, 3.8) is 0 Å². The average molecular weight is 206 g/mol. The van der Waals surface area contributed by atoms with Gasteiger partial charge in [-0.3, -0.25) is 6.79 Å². The number of carbonyl (C=O) groups excluding carboxylic acids is 1. The Hall–Kier alpha value is 1.88. The fourth-order valence-corrected chi connectivity index (χ4v) is 0. The minimum atomic E-state index is 0. The van der Waals surface area contributed by atoms with Gasteiger partial charge >= 0.3 is 0 Å². The Morgan fingerprint density at radius 1 is 1.00 bits per heavy atom. The first-order valence-electron chi connectivity index (χ1n) is 0.236. The molecule has 0 aromatic rings. The van der Waals surface area contributed by atoms with E-state index in [0.717, 1.165) is 0 Å².